The molecule has 174 valence electrons. The summed E-state index contributed by atoms with van der Waals surface area (Å²) >= 11 is 0. The van der Waals surface area contributed by atoms with E-state index >= 15 is 0 Å². The Balaban J connectivity index is 1.79. The summed E-state index contributed by atoms with van der Waals surface area (Å²) in [5.74, 6) is 0.0791. The molecule has 1 fully saturated rings. The zero-order valence-electron chi connectivity index (χ0n) is 20.2. The van der Waals surface area contributed by atoms with Gasteiger partial charge in [0.25, 0.3) is 11.8 Å². The second-order valence-electron chi connectivity index (χ2n) is 9.04. The molecule has 0 radical (unpaired) electrons. The van der Waals surface area contributed by atoms with Gasteiger partial charge in [0.15, 0.2) is 0 Å². The smallest absolute Gasteiger partial charge is 0.282 e. The molecule has 2 aromatic carbocycles. The van der Waals surface area contributed by atoms with Crippen LogP contribution in [-0.2, 0) is 9.59 Å². The molecular weight excluding hydrogens is 414 g/mol. The van der Waals surface area contributed by atoms with Gasteiger partial charge in [-0.2, -0.15) is 0 Å². The van der Waals surface area contributed by atoms with Crippen molar-refractivity contribution in [2.45, 2.75) is 39.7 Å². The number of amides is 2. The van der Waals surface area contributed by atoms with Crippen LogP contribution in [0.4, 0.5) is 5.69 Å². The van der Waals surface area contributed by atoms with Crippen LogP contribution < -0.4 is 9.64 Å². The zero-order valence-corrected chi connectivity index (χ0v) is 20.2. The fourth-order valence-electron chi connectivity index (χ4n) is 4.68. The molecule has 0 aliphatic carbocycles. The summed E-state index contributed by atoms with van der Waals surface area (Å²) in [6, 6.07) is 13.4. The van der Waals surface area contributed by atoms with E-state index in [9.17, 15) is 9.59 Å². The molecule has 1 saturated heterocycles. The first kappa shape index (κ1) is 23.1. The monoisotopic (exact) mass is 447 g/mol. The fourth-order valence-corrected chi connectivity index (χ4v) is 4.68. The number of nitrogens with zero attached hydrogens (tertiary/aromatic N) is 3. The number of likely N-dealkylation sites (N-methyl/N-ethyl adjacent to an activating group) is 1. The Kier molecular flexibility index (Phi) is 6.56. The number of carbonyl (C=O) groups excluding carboxylic acids is 2. The molecule has 4 rings (SSSR count). The summed E-state index contributed by atoms with van der Waals surface area (Å²) in [7, 11) is 4.07. The maximum absolute atomic E-state index is 13.8. The third-order valence-corrected chi connectivity index (χ3v) is 6.83. The van der Waals surface area contributed by atoms with Crippen LogP contribution in [0, 0.1) is 13.8 Å². The van der Waals surface area contributed by atoms with Crippen molar-refractivity contribution >= 4 is 23.1 Å². The van der Waals surface area contributed by atoms with E-state index in [1.54, 1.807) is 12.1 Å². The molecule has 2 aliphatic heterocycles. The summed E-state index contributed by atoms with van der Waals surface area (Å²) in [4.78, 5) is 33.3. The Morgan fingerprint density at radius 2 is 1.73 bits per heavy atom. The lowest BCUT2D eigenvalue weighted by atomic mass is 9.97. The molecule has 2 aliphatic rings. The predicted molar refractivity (Wildman–Crippen MR) is 131 cm³/mol. The summed E-state index contributed by atoms with van der Waals surface area (Å²) < 4.78 is 5.62. The average molecular weight is 448 g/mol. The maximum atomic E-state index is 13.8. The van der Waals surface area contributed by atoms with Crippen molar-refractivity contribution in [2.75, 3.05) is 38.7 Å². The number of ether oxygens (including phenoxy) is 1. The predicted octanol–water partition coefficient (Wildman–Crippen LogP) is 4.01. The van der Waals surface area contributed by atoms with Crippen molar-refractivity contribution in [3.63, 3.8) is 0 Å². The van der Waals surface area contributed by atoms with E-state index in [0.717, 1.165) is 42.6 Å². The van der Waals surface area contributed by atoms with Gasteiger partial charge in [-0.05, 0) is 82.6 Å². The molecule has 0 unspecified atom stereocenters. The number of benzene rings is 2. The third-order valence-electron chi connectivity index (χ3n) is 6.83. The van der Waals surface area contributed by atoms with Crippen LogP contribution in [-0.4, -0.2) is 61.4 Å². The number of imide groups is 1. The molecule has 0 bridgehead atoms. The van der Waals surface area contributed by atoms with Crippen molar-refractivity contribution < 1.29 is 14.3 Å². The van der Waals surface area contributed by atoms with Gasteiger partial charge in [-0.25, -0.2) is 4.90 Å². The minimum atomic E-state index is -0.285. The summed E-state index contributed by atoms with van der Waals surface area (Å²) in [5, 5.41) is 0. The molecule has 33 heavy (non-hydrogen) atoms. The topological polar surface area (TPSA) is 53.1 Å². The van der Waals surface area contributed by atoms with E-state index in [1.165, 1.54) is 4.90 Å². The van der Waals surface area contributed by atoms with Crippen molar-refractivity contribution in [1.82, 2.24) is 9.80 Å². The van der Waals surface area contributed by atoms with Crippen LogP contribution in [0.1, 0.15) is 36.5 Å². The largest absolute Gasteiger partial charge is 0.494 e. The summed E-state index contributed by atoms with van der Waals surface area (Å²) in [6.45, 7) is 8.46. The molecule has 6 nitrogen and oxygen atoms in total. The number of piperidine rings is 1. The maximum Gasteiger partial charge on any atom is 0.282 e. The number of carbonyl (C=O) groups is 2. The van der Waals surface area contributed by atoms with Gasteiger partial charge < -0.3 is 14.5 Å². The number of likely N-dealkylation sites (tertiary alicyclic amines) is 1. The molecule has 0 aromatic heterocycles. The van der Waals surface area contributed by atoms with Gasteiger partial charge in [-0.1, -0.05) is 24.3 Å². The number of aryl methyl sites for hydroxylation is 2. The first-order chi connectivity index (χ1) is 15.8. The number of anilines is 1. The van der Waals surface area contributed by atoms with E-state index in [0.29, 0.717) is 29.3 Å². The number of hydrogen-bond donors (Lipinski definition) is 0. The van der Waals surface area contributed by atoms with Crippen molar-refractivity contribution in [2.24, 2.45) is 0 Å². The van der Waals surface area contributed by atoms with Crippen LogP contribution >= 0.6 is 0 Å². The van der Waals surface area contributed by atoms with Crippen molar-refractivity contribution in [1.29, 1.82) is 0 Å². The molecule has 2 aromatic rings. The van der Waals surface area contributed by atoms with E-state index in [4.69, 9.17) is 4.74 Å². The standard InChI is InChI=1S/C27H33N3O3/c1-6-33-23-9-7-8-22(17-23)30-26(31)24(20-11-10-18(2)19(3)16-20)25(27(30)32)29(5)21-12-14-28(4)15-13-21/h7-11,16-17,21H,6,12-15H2,1-5H3. The molecule has 2 amide bonds. The van der Waals surface area contributed by atoms with Crippen LogP contribution in [0.15, 0.2) is 48.2 Å². The lowest BCUT2D eigenvalue weighted by Gasteiger charge is -2.36. The molecule has 0 atom stereocenters. The van der Waals surface area contributed by atoms with Crippen LogP contribution in [0.25, 0.3) is 5.57 Å². The minimum Gasteiger partial charge on any atom is -0.494 e. The number of hydrogen-bond acceptors (Lipinski definition) is 5. The molecule has 0 saturated carbocycles. The highest BCUT2D eigenvalue weighted by Gasteiger charge is 2.43. The van der Waals surface area contributed by atoms with Gasteiger partial charge in [-0.15, -0.1) is 0 Å². The van der Waals surface area contributed by atoms with E-state index in [1.807, 2.05) is 63.1 Å². The van der Waals surface area contributed by atoms with E-state index in [2.05, 4.69) is 11.9 Å². The Morgan fingerprint density at radius 3 is 2.39 bits per heavy atom. The quantitative estimate of drug-likeness (QED) is 0.627. The summed E-state index contributed by atoms with van der Waals surface area (Å²) in [6.07, 6.45) is 1.91. The first-order valence-corrected chi connectivity index (χ1v) is 11.7. The number of rotatable bonds is 6. The van der Waals surface area contributed by atoms with Crippen molar-refractivity contribution in [3.05, 3.63) is 64.9 Å². The lowest BCUT2D eigenvalue weighted by molar-refractivity contribution is -0.120. The van der Waals surface area contributed by atoms with Crippen LogP contribution in [0.3, 0.4) is 0 Å². The Labute approximate surface area is 196 Å². The minimum absolute atomic E-state index is 0.212. The van der Waals surface area contributed by atoms with Crippen LogP contribution in [0.2, 0.25) is 0 Å². The highest BCUT2D eigenvalue weighted by Crippen LogP contribution is 2.37. The van der Waals surface area contributed by atoms with Gasteiger partial charge in [0.2, 0.25) is 0 Å². The van der Waals surface area contributed by atoms with Gasteiger partial charge >= 0.3 is 0 Å². The average Bonchev–Trinajstić information content (AvgIpc) is 3.06. The molecule has 6 heteroatoms. The molecule has 2 heterocycles. The van der Waals surface area contributed by atoms with Gasteiger partial charge in [0.05, 0.1) is 17.9 Å². The fraction of sp³-hybridized carbons (Fsp3) is 0.407. The second kappa shape index (κ2) is 9.40. The van der Waals surface area contributed by atoms with Crippen LogP contribution in [0.5, 0.6) is 5.75 Å². The Morgan fingerprint density at radius 1 is 1.00 bits per heavy atom. The normalized spacial score (nSPS) is 17.8. The van der Waals surface area contributed by atoms with E-state index < -0.39 is 0 Å². The molecule has 0 N–H and O–H groups in total. The molecular formula is C27H33N3O3. The Bertz CT molecular complexity index is 1100. The van der Waals surface area contributed by atoms with Gasteiger partial charge in [0.1, 0.15) is 11.4 Å². The summed E-state index contributed by atoms with van der Waals surface area (Å²) in [5.41, 5.74) is 4.53. The zero-order chi connectivity index (χ0) is 23.7. The van der Waals surface area contributed by atoms with Gasteiger partial charge in [0, 0.05) is 19.2 Å². The first-order valence-electron chi connectivity index (χ1n) is 11.7. The lowest BCUT2D eigenvalue weighted by Crippen LogP contribution is -2.43. The second-order valence-corrected chi connectivity index (χ2v) is 9.04. The third kappa shape index (κ3) is 4.40. The molecule has 0 spiro atoms. The SMILES string of the molecule is CCOc1cccc(N2C(=O)C(c3ccc(C)c(C)c3)=C(N(C)C3CCN(C)CC3)C2=O)c1. The highest BCUT2D eigenvalue weighted by molar-refractivity contribution is 6.45. The van der Waals surface area contributed by atoms with Crippen molar-refractivity contribution in [3.8, 4) is 5.75 Å². The highest BCUT2D eigenvalue weighted by atomic mass is 16.5. The van der Waals surface area contributed by atoms with Gasteiger partial charge in [-0.3, -0.25) is 9.59 Å². The van der Waals surface area contributed by atoms with E-state index in [-0.39, 0.29) is 17.9 Å². The Hall–Kier alpha value is -3.12.